The zero-order chi connectivity index (χ0) is 9.61. The molecular weight excluding hydrogens is 148 g/mol. The van der Waals surface area contributed by atoms with E-state index in [4.69, 9.17) is 5.73 Å². The highest BCUT2D eigenvalue weighted by Crippen LogP contribution is 2.25. The summed E-state index contributed by atoms with van der Waals surface area (Å²) in [5.41, 5.74) is 5.98. The van der Waals surface area contributed by atoms with Crippen molar-refractivity contribution in [1.82, 2.24) is 5.32 Å². The Labute approximate surface area is 76.9 Å². The Morgan fingerprint density at radius 3 is 2.42 bits per heavy atom. The molecule has 0 aromatic rings. The van der Waals surface area contributed by atoms with E-state index >= 15 is 0 Å². The third kappa shape index (κ3) is 5.56. The summed E-state index contributed by atoms with van der Waals surface area (Å²) in [6.45, 7) is 8.68. The molecule has 0 aromatic carbocycles. The van der Waals surface area contributed by atoms with E-state index in [1.165, 1.54) is 12.8 Å². The summed E-state index contributed by atoms with van der Waals surface area (Å²) in [7, 11) is 2.00. The number of hydrogen-bond acceptors (Lipinski definition) is 2. The maximum Gasteiger partial charge on any atom is -0.00257 e. The molecule has 0 aliphatic heterocycles. The average Bonchev–Trinajstić information content (AvgIpc) is 2.00. The maximum atomic E-state index is 5.67. The Kier molecular flexibility index (Phi) is 5.51. The van der Waals surface area contributed by atoms with E-state index in [-0.39, 0.29) is 0 Å². The second-order valence-electron chi connectivity index (χ2n) is 4.57. The fourth-order valence-electron chi connectivity index (χ4n) is 1.52. The highest BCUT2D eigenvalue weighted by Gasteiger charge is 2.18. The van der Waals surface area contributed by atoms with Gasteiger partial charge in [-0.25, -0.2) is 0 Å². The van der Waals surface area contributed by atoms with Gasteiger partial charge < -0.3 is 11.1 Å². The monoisotopic (exact) mass is 172 g/mol. The van der Waals surface area contributed by atoms with Gasteiger partial charge in [-0.3, -0.25) is 0 Å². The Hall–Kier alpha value is -0.0800. The van der Waals surface area contributed by atoms with Crippen LogP contribution in [0.4, 0.5) is 0 Å². The van der Waals surface area contributed by atoms with E-state index < -0.39 is 0 Å². The van der Waals surface area contributed by atoms with Crippen molar-refractivity contribution in [2.75, 3.05) is 20.1 Å². The first-order chi connectivity index (χ1) is 5.52. The zero-order valence-corrected chi connectivity index (χ0v) is 8.98. The third-order valence-electron chi connectivity index (χ3n) is 2.34. The number of nitrogens with two attached hydrogens (primary N) is 1. The van der Waals surface area contributed by atoms with E-state index in [0.29, 0.717) is 5.41 Å². The largest absolute Gasteiger partial charge is 0.330 e. The molecule has 0 amide bonds. The molecule has 0 aliphatic rings. The Balaban J connectivity index is 3.60. The lowest BCUT2D eigenvalue weighted by Crippen LogP contribution is -2.26. The minimum absolute atomic E-state index is 0.313. The Morgan fingerprint density at radius 2 is 2.00 bits per heavy atom. The molecule has 12 heavy (non-hydrogen) atoms. The number of rotatable bonds is 6. The van der Waals surface area contributed by atoms with Crippen LogP contribution < -0.4 is 11.1 Å². The molecule has 0 fully saturated rings. The minimum atomic E-state index is 0.313. The quantitative estimate of drug-likeness (QED) is 0.639. The molecule has 74 valence electrons. The van der Waals surface area contributed by atoms with Crippen LogP contribution in [-0.4, -0.2) is 20.1 Å². The summed E-state index contributed by atoms with van der Waals surface area (Å²) in [4.78, 5) is 0. The Morgan fingerprint density at radius 1 is 1.42 bits per heavy atom. The van der Waals surface area contributed by atoms with Gasteiger partial charge in [-0.05, 0) is 44.3 Å². The lowest BCUT2D eigenvalue weighted by atomic mass is 9.82. The van der Waals surface area contributed by atoms with Crippen LogP contribution in [0.3, 0.4) is 0 Å². The molecule has 2 nitrogen and oxygen atoms in total. The molecule has 1 unspecified atom stereocenters. The molecule has 3 N–H and O–H groups in total. The molecule has 0 bridgehead atoms. The maximum absolute atomic E-state index is 5.67. The predicted molar refractivity (Wildman–Crippen MR) is 55.2 cm³/mol. The molecular formula is C10H24N2. The topological polar surface area (TPSA) is 38.0 Å². The van der Waals surface area contributed by atoms with E-state index in [2.05, 4.69) is 26.1 Å². The third-order valence-corrected chi connectivity index (χ3v) is 2.34. The predicted octanol–water partition coefficient (Wildman–Crippen LogP) is 1.61. The first-order valence-electron chi connectivity index (χ1n) is 4.86. The van der Waals surface area contributed by atoms with Gasteiger partial charge in [0.15, 0.2) is 0 Å². The zero-order valence-electron chi connectivity index (χ0n) is 8.98. The molecule has 0 radical (unpaired) electrons. The summed E-state index contributed by atoms with van der Waals surface area (Å²) in [6.07, 6.45) is 2.48. The lowest BCUT2D eigenvalue weighted by Gasteiger charge is -2.26. The molecule has 1 atom stereocenters. The van der Waals surface area contributed by atoms with Crippen molar-refractivity contribution in [1.29, 1.82) is 0 Å². The van der Waals surface area contributed by atoms with Gasteiger partial charge in [0, 0.05) is 0 Å². The minimum Gasteiger partial charge on any atom is -0.330 e. The van der Waals surface area contributed by atoms with E-state index in [9.17, 15) is 0 Å². The lowest BCUT2D eigenvalue weighted by molar-refractivity contribution is 0.277. The van der Waals surface area contributed by atoms with Crippen molar-refractivity contribution in [2.45, 2.75) is 33.6 Å². The second kappa shape index (κ2) is 5.55. The van der Waals surface area contributed by atoms with Crippen LogP contribution in [0, 0.1) is 11.3 Å². The molecule has 0 heterocycles. The number of nitrogens with one attached hydrogen (secondary N) is 1. The van der Waals surface area contributed by atoms with Gasteiger partial charge in [-0.1, -0.05) is 20.8 Å². The summed E-state index contributed by atoms with van der Waals surface area (Å²) in [5, 5.41) is 3.17. The molecule has 0 saturated carbocycles. The van der Waals surface area contributed by atoms with Crippen molar-refractivity contribution in [3.8, 4) is 0 Å². The SMILES string of the molecule is CNCCC(C)CC(C)(C)CN. The van der Waals surface area contributed by atoms with Crippen LogP contribution in [0.15, 0.2) is 0 Å². The molecule has 0 rings (SSSR count). The van der Waals surface area contributed by atoms with Crippen LogP contribution in [0.2, 0.25) is 0 Å². The van der Waals surface area contributed by atoms with E-state index in [0.717, 1.165) is 19.0 Å². The van der Waals surface area contributed by atoms with Gasteiger partial charge in [0.25, 0.3) is 0 Å². The fraction of sp³-hybridized carbons (Fsp3) is 1.00. The summed E-state index contributed by atoms with van der Waals surface area (Å²) in [5.74, 6) is 0.774. The molecule has 0 spiro atoms. The normalized spacial score (nSPS) is 14.8. The van der Waals surface area contributed by atoms with Crippen molar-refractivity contribution in [2.24, 2.45) is 17.1 Å². The second-order valence-corrected chi connectivity index (χ2v) is 4.57. The number of hydrogen-bond donors (Lipinski definition) is 2. The van der Waals surface area contributed by atoms with Crippen molar-refractivity contribution in [3.05, 3.63) is 0 Å². The fourth-order valence-corrected chi connectivity index (χ4v) is 1.52. The van der Waals surface area contributed by atoms with Gasteiger partial charge in [-0.15, -0.1) is 0 Å². The average molecular weight is 172 g/mol. The molecule has 2 heteroatoms. The molecule has 0 aliphatic carbocycles. The van der Waals surface area contributed by atoms with Crippen molar-refractivity contribution in [3.63, 3.8) is 0 Å². The summed E-state index contributed by atoms with van der Waals surface area (Å²) in [6, 6.07) is 0. The first-order valence-corrected chi connectivity index (χ1v) is 4.86. The van der Waals surface area contributed by atoms with E-state index in [1.54, 1.807) is 0 Å². The van der Waals surface area contributed by atoms with Gasteiger partial charge >= 0.3 is 0 Å². The van der Waals surface area contributed by atoms with Gasteiger partial charge in [-0.2, -0.15) is 0 Å². The van der Waals surface area contributed by atoms with Crippen LogP contribution in [0.25, 0.3) is 0 Å². The van der Waals surface area contributed by atoms with Crippen molar-refractivity contribution >= 4 is 0 Å². The smallest absolute Gasteiger partial charge is 0.00257 e. The van der Waals surface area contributed by atoms with Crippen LogP contribution in [-0.2, 0) is 0 Å². The highest BCUT2D eigenvalue weighted by atomic mass is 14.8. The van der Waals surface area contributed by atoms with Gasteiger partial charge in [0.2, 0.25) is 0 Å². The first kappa shape index (κ1) is 11.9. The van der Waals surface area contributed by atoms with Gasteiger partial charge in [0.05, 0.1) is 0 Å². The summed E-state index contributed by atoms with van der Waals surface area (Å²) >= 11 is 0. The van der Waals surface area contributed by atoms with Gasteiger partial charge in [0.1, 0.15) is 0 Å². The van der Waals surface area contributed by atoms with Crippen molar-refractivity contribution < 1.29 is 0 Å². The van der Waals surface area contributed by atoms with Crippen LogP contribution in [0.5, 0.6) is 0 Å². The Bertz CT molecular complexity index is 110. The molecule has 0 saturated heterocycles. The van der Waals surface area contributed by atoms with Crippen LogP contribution in [0.1, 0.15) is 33.6 Å². The molecule has 0 aromatic heterocycles. The standard InChI is InChI=1S/C10H24N2/c1-9(5-6-12-4)7-10(2,3)8-11/h9,12H,5-8,11H2,1-4H3. The van der Waals surface area contributed by atoms with Crippen LogP contribution >= 0.6 is 0 Å². The van der Waals surface area contributed by atoms with E-state index in [1.807, 2.05) is 7.05 Å². The summed E-state index contributed by atoms with van der Waals surface area (Å²) < 4.78 is 0. The highest BCUT2D eigenvalue weighted by molar-refractivity contribution is 4.72.